The van der Waals surface area contributed by atoms with Gasteiger partial charge in [0.05, 0.1) is 11.8 Å². The Morgan fingerprint density at radius 2 is 1.85 bits per heavy atom. The smallest absolute Gasteiger partial charge is 0.225 e. The molecule has 0 radical (unpaired) electrons. The maximum absolute atomic E-state index is 15.5. The lowest BCUT2D eigenvalue weighted by molar-refractivity contribution is -0.139. The lowest BCUT2D eigenvalue weighted by Crippen LogP contribution is -2.50. The number of carbonyl (C=O) groups excluding carboxylic acids is 1. The molecule has 1 saturated carbocycles. The van der Waals surface area contributed by atoms with Crippen LogP contribution in [0, 0.1) is 17.6 Å². The maximum atomic E-state index is 15.5. The molecule has 0 aromatic heterocycles. The molecule has 0 bridgehead atoms. The highest BCUT2D eigenvalue weighted by molar-refractivity contribution is 7.89. The fourth-order valence-corrected chi connectivity index (χ4v) is 5.47. The minimum absolute atomic E-state index is 0. The van der Waals surface area contributed by atoms with Gasteiger partial charge in [-0.15, -0.1) is 0 Å². The van der Waals surface area contributed by atoms with Crippen LogP contribution in [0.5, 0.6) is 0 Å². The van der Waals surface area contributed by atoms with Crippen LogP contribution in [0.2, 0.25) is 0 Å². The third-order valence-corrected chi connectivity index (χ3v) is 8.06. The van der Waals surface area contributed by atoms with E-state index in [4.69, 9.17) is 0 Å². The van der Waals surface area contributed by atoms with Gasteiger partial charge in [-0.2, -0.15) is 0 Å². The molecule has 1 aliphatic carbocycles. The normalized spacial score (nSPS) is 20.9. The van der Waals surface area contributed by atoms with Crippen molar-refractivity contribution >= 4 is 15.9 Å². The summed E-state index contributed by atoms with van der Waals surface area (Å²) < 4.78 is 56.4. The van der Waals surface area contributed by atoms with Crippen molar-refractivity contribution in [3.63, 3.8) is 0 Å². The van der Waals surface area contributed by atoms with Crippen molar-refractivity contribution < 1.29 is 27.5 Å². The van der Waals surface area contributed by atoms with Crippen LogP contribution in [0.4, 0.5) is 8.78 Å². The molecule has 180 valence electrons. The Balaban J connectivity index is 0.00000306. The van der Waals surface area contributed by atoms with Crippen molar-refractivity contribution in [3.05, 3.63) is 59.7 Å². The predicted octanol–water partition coefficient (Wildman–Crippen LogP) is 3.06. The van der Waals surface area contributed by atoms with E-state index < -0.39 is 33.7 Å². The fraction of sp³-hybridized carbons (Fsp3) is 0.458. The topological polar surface area (TPSA) is 98.0 Å². The van der Waals surface area contributed by atoms with Crippen molar-refractivity contribution in [2.45, 2.75) is 51.1 Å². The van der Waals surface area contributed by atoms with E-state index >= 15 is 4.39 Å². The van der Waals surface area contributed by atoms with E-state index in [0.717, 1.165) is 19.3 Å². The van der Waals surface area contributed by atoms with Gasteiger partial charge in [0, 0.05) is 24.1 Å². The zero-order valence-electron chi connectivity index (χ0n) is 18.6. The van der Waals surface area contributed by atoms with Crippen LogP contribution < -0.4 is 4.72 Å². The highest BCUT2D eigenvalue weighted by Gasteiger charge is 2.42. The molecule has 0 spiro atoms. The number of halogens is 2. The second-order valence-electron chi connectivity index (χ2n) is 8.64. The van der Waals surface area contributed by atoms with Crippen molar-refractivity contribution in [3.8, 4) is 11.1 Å². The average molecular weight is 481 g/mol. The maximum Gasteiger partial charge on any atom is 0.225 e. The summed E-state index contributed by atoms with van der Waals surface area (Å²) in [5.41, 5.74) is 1.09. The number of likely N-dealkylation sites (tertiary alicyclic amines) is 1. The number of nitrogens with one attached hydrogen (secondary N) is 1. The molecule has 0 unspecified atom stereocenters. The van der Waals surface area contributed by atoms with E-state index in [0.29, 0.717) is 24.1 Å². The lowest BCUT2D eigenvalue weighted by Gasteiger charge is -2.34. The van der Waals surface area contributed by atoms with E-state index in [9.17, 15) is 17.6 Å². The fourth-order valence-electron chi connectivity index (χ4n) is 4.56. The van der Waals surface area contributed by atoms with Crippen LogP contribution in [0.3, 0.4) is 0 Å². The van der Waals surface area contributed by atoms with Crippen LogP contribution in [0.15, 0.2) is 42.5 Å². The van der Waals surface area contributed by atoms with E-state index in [-0.39, 0.29) is 35.0 Å². The molecule has 3 N–H and O–H groups in total. The predicted molar refractivity (Wildman–Crippen MR) is 123 cm³/mol. The van der Waals surface area contributed by atoms with Gasteiger partial charge in [-0.1, -0.05) is 36.8 Å². The van der Waals surface area contributed by atoms with Crippen molar-refractivity contribution in [2.75, 3.05) is 12.3 Å². The van der Waals surface area contributed by atoms with Crippen molar-refractivity contribution in [1.82, 2.24) is 9.62 Å². The number of amides is 1. The van der Waals surface area contributed by atoms with E-state index in [1.54, 1.807) is 36.1 Å². The van der Waals surface area contributed by atoms with Gasteiger partial charge in [0.1, 0.15) is 11.6 Å². The van der Waals surface area contributed by atoms with Gasteiger partial charge in [-0.05, 0) is 55.9 Å². The lowest BCUT2D eigenvalue weighted by atomic mass is 9.84. The Morgan fingerprint density at radius 3 is 2.48 bits per heavy atom. The molecule has 1 saturated heterocycles. The highest BCUT2D eigenvalue weighted by Crippen LogP contribution is 2.34. The molecule has 2 aromatic carbocycles. The standard InChI is InChI=1S/C24H28F2N2O3S.H2O/c1-2-32(30,31)27-21-12-13-28(24(29)16-6-3-7-16)22(21)15-18-9-5-11-20(23(18)26)17-8-4-10-19(25)14-17;/h4-5,8-11,14,16,21-22,27H,2-3,6-7,12-13,15H2,1H3;1H2/t21-,22-;/m0./s1. The van der Waals surface area contributed by atoms with Gasteiger partial charge < -0.3 is 10.4 Å². The van der Waals surface area contributed by atoms with Crippen LogP contribution in [0.1, 0.15) is 38.2 Å². The van der Waals surface area contributed by atoms with E-state index in [1.165, 1.54) is 18.2 Å². The van der Waals surface area contributed by atoms with Gasteiger partial charge in [0.2, 0.25) is 15.9 Å². The summed E-state index contributed by atoms with van der Waals surface area (Å²) in [6, 6.07) is 9.76. The average Bonchev–Trinajstić information content (AvgIpc) is 3.09. The molecule has 2 aliphatic rings. The molecule has 2 fully saturated rings. The molecule has 4 rings (SSSR count). The number of carbonyl (C=O) groups is 1. The molecule has 2 atom stereocenters. The summed E-state index contributed by atoms with van der Waals surface area (Å²) in [5.74, 6) is -0.980. The highest BCUT2D eigenvalue weighted by atomic mass is 32.2. The quantitative estimate of drug-likeness (QED) is 0.659. The monoisotopic (exact) mass is 480 g/mol. The Bertz CT molecular complexity index is 1110. The third-order valence-electron chi connectivity index (χ3n) is 6.64. The summed E-state index contributed by atoms with van der Waals surface area (Å²) in [6.07, 6.45) is 3.39. The second-order valence-corrected chi connectivity index (χ2v) is 10.7. The SMILES string of the molecule is CCS(=O)(=O)N[C@H]1CCN(C(=O)C2CCC2)[C@H]1Cc1cccc(-c2cccc(F)c2)c1F.O. The zero-order valence-corrected chi connectivity index (χ0v) is 19.4. The Labute approximate surface area is 193 Å². The summed E-state index contributed by atoms with van der Waals surface area (Å²) in [5, 5.41) is 0. The van der Waals surface area contributed by atoms with Gasteiger partial charge >= 0.3 is 0 Å². The first-order chi connectivity index (χ1) is 15.3. The number of benzene rings is 2. The number of hydrogen-bond donors (Lipinski definition) is 1. The van der Waals surface area contributed by atoms with Crippen LogP contribution >= 0.6 is 0 Å². The van der Waals surface area contributed by atoms with Crippen molar-refractivity contribution in [2.24, 2.45) is 5.92 Å². The number of sulfonamides is 1. The molecular weight excluding hydrogens is 450 g/mol. The summed E-state index contributed by atoms with van der Waals surface area (Å²) >= 11 is 0. The first-order valence-electron chi connectivity index (χ1n) is 11.1. The number of hydrogen-bond acceptors (Lipinski definition) is 3. The number of nitrogens with zero attached hydrogens (tertiary/aromatic N) is 1. The Kier molecular flexibility index (Phi) is 7.87. The first-order valence-corrected chi connectivity index (χ1v) is 12.8. The summed E-state index contributed by atoms with van der Waals surface area (Å²) in [6.45, 7) is 2.01. The molecule has 9 heteroatoms. The van der Waals surface area contributed by atoms with Crippen LogP contribution in [-0.2, 0) is 21.2 Å². The molecule has 6 nitrogen and oxygen atoms in total. The van der Waals surface area contributed by atoms with Gasteiger partial charge in [-0.3, -0.25) is 4.79 Å². The summed E-state index contributed by atoms with van der Waals surface area (Å²) in [7, 11) is -3.48. The third kappa shape index (κ3) is 5.42. The van der Waals surface area contributed by atoms with Gasteiger partial charge in [0.25, 0.3) is 0 Å². The minimum atomic E-state index is -3.48. The molecular formula is C24H30F2N2O4S. The van der Waals surface area contributed by atoms with Crippen LogP contribution in [-0.4, -0.2) is 49.1 Å². The van der Waals surface area contributed by atoms with E-state index in [2.05, 4.69) is 4.72 Å². The Hall–Kier alpha value is -2.36. The zero-order chi connectivity index (χ0) is 22.9. The molecule has 1 heterocycles. The molecule has 1 aliphatic heterocycles. The molecule has 1 amide bonds. The second kappa shape index (κ2) is 10.3. The number of rotatable bonds is 7. The van der Waals surface area contributed by atoms with Crippen molar-refractivity contribution in [1.29, 1.82) is 0 Å². The summed E-state index contributed by atoms with van der Waals surface area (Å²) in [4.78, 5) is 14.8. The Morgan fingerprint density at radius 1 is 1.12 bits per heavy atom. The van der Waals surface area contributed by atoms with Crippen LogP contribution in [0.25, 0.3) is 11.1 Å². The molecule has 33 heavy (non-hydrogen) atoms. The van der Waals surface area contributed by atoms with Gasteiger partial charge in [0.15, 0.2) is 0 Å². The first kappa shape index (κ1) is 25.3. The largest absolute Gasteiger partial charge is 0.412 e. The molecule has 2 aromatic rings. The van der Waals surface area contributed by atoms with Gasteiger partial charge in [-0.25, -0.2) is 21.9 Å². The minimum Gasteiger partial charge on any atom is -0.412 e. The van der Waals surface area contributed by atoms with E-state index in [1.807, 2.05) is 0 Å².